The highest BCUT2D eigenvalue weighted by atomic mass is 16.2. The maximum absolute atomic E-state index is 12.3. The Morgan fingerprint density at radius 1 is 1.12 bits per heavy atom. The highest BCUT2D eigenvalue weighted by Crippen LogP contribution is 2.09. The second kappa shape index (κ2) is 5.12. The Morgan fingerprint density at radius 2 is 1.81 bits per heavy atom. The molecule has 2 saturated heterocycles. The molecule has 0 spiro atoms. The third-order valence-corrected chi connectivity index (χ3v) is 3.56. The van der Waals surface area contributed by atoms with Crippen LogP contribution in [0.4, 0.5) is 0 Å². The molecule has 2 heterocycles. The zero-order chi connectivity index (χ0) is 11.5. The third-order valence-electron chi connectivity index (χ3n) is 3.56. The molecule has 0 aromatic carbocycles. The van der Waals surface area contributed by atoms with Crippen LogP contribution in [0.3, 0.4) is 0 Å². The Bertz CT molecular complexity index is 252. The summed E-state index contributed by atoms with van der Waals surface area (Å²) in [6, 6.07) is 0.0526. The number of likely N-dealkylation sites (N-methyl/N-ethyl adjacent to an activating group) is 2. The van der Waals surface area contributed by atoms with Crippen LogP contribution in [0.5, 0.6) is 0 Å². The van der Waals surface area contributed by atoms with E-state index in [0.717, 1.165) is 45.8 Å². The summed E-state index contributed by atoms with van der Waals surface area (Å²) in [6.07, 6.45) is 0. The van der Waals surface area contributed by atoms with Crippen molar-refractivity contribution in [2.75, 3.05) is 59.9 Å². The van der Waals surface area contributed by atoms with Crippen LogP contribution in [0.15, 0.2) is 0 Å². The smallest absolute Gasteiger partial charge is 0.241 e. The average molecular weight is 226 g/mol. The fourth-order valence-electron chi connectivity index (χ4n) is 2.37. The molecule has 1 atom stereocenters. The molecule has 0 aromatic rings. The van der Waals surface area contributed by atoms with Crippen molar-refractivity contribution in [2.45, 2.75) is 6.04 Å². The lowest BCUT2D eigenvalue weighted by molar-refractivity contribution is -0.139. The van der Waals surface area contributed by atoms with E-state index in [-0.39, 0.29) is 6.04 Å². The normalized spacial score (nSPS) is 29.4. The molecule has 0 saturated carbocycles. The maximum atomic E-state index is 12.3. The topological polar surface area (TPSA) is 38.8 Å². The number of piperazine rings is 2. The van der Waals surface area contributed by atoms with E-state index in [2.05, 4.69) is 29.2 Å². The number of nitrogens with zero attached hydrogens (tertiary/aromatic N) is 3. The number of carbonyl (C=O) groups is 1. The van der Waals surface area contributed by atoms with E-state index in [1.54, 1.807) is 0 Å². The second-order valence-electron chi connectivity index (χ2n) is 4.83. The summed E-state index contributed by atoms with van der Waals surface area (Å²) < 4.78 is 0. The number of hydrogen-bond donors (Lipinski definition) is 1. The molecule has 1 unspecified atom stereocenters. The van der Waals surface area contributed by atoms with E-state index >= 15 is 0 Å². The van der Waals surface area contributed by atoms with Gasteiger partial charge in [-0.2, -0.15) is 0 Å². The minimum Gasteiger partial charge on any atom is -0.339 e. The first-order valence-corrected chi connectivity index (χ1v) is 6.07. The summed E-state index contributed by atoms with van der Waals surface area (Å²) in [5.41, 5.74) is 0. The highest BCUT2D eigenvalue weighted by Gasteiger charge is 2.31. The zero-order valence-electron chi connectivity index (χ0n) is 10.3. The molecule has 5 nitrogen and oxygen atoms in total. The van der Waals surface area contributed by atoms with Gasteiger partial charge in [0.05, 0.1) is 0 Å². The van der Waals surface area contributed by atoms with Crippen molar-refractivity contribution in [2.24, 2.45) is 0 Å². The maximum Gasteiger partial charge on any atom is 0.241 e. The predicted molar refractivity (Wildman–Crippen MR) is 63.4 cm³/mol. The molecule has 2 aliphatic rings. The largest absolute Gasteiger partial charge is 0.339 e. The van der Waals surface area contributed by atoms with Gasteiger partial charge in [-0.15, -0.1) is 0 Å². The molecular formula is C11H22N4O. The summed E-state index contributed by atoms with van der Waals surface area (Å²) in [6.45, 7) is 6.47. The third kappa shape index (κ3) is 2.53. The lowest BCUT2D eigenvalue weighted by Gasteiger charge is -2.40. The van der Waals surface area contributed by atoms with E-state index in [1.165, 1.54) is 0 Å². The molecule has 1 amide bonds. The Hall–Kier alpha value is -0.650. The number of carbonyl (C=O) groups excluding carboxylic acids is 1. The molecule has 0 radical (unpaired) electrons. The van der Waals surface area contributed by atoms with Crippen LogP contribution in [0.2, 0.25) is 0 Å². The second-order valence-corrected chi connectivity index (χ2v) is 4.83. The van der Waals surface area contributed by atoms with Gasteiger partial charge in [0.2, 0.25) is 5.91 Å². The quantitative estimate of drug-likeness (QED) is 0.601. The van der Waals surface area contributed by atoms with Gasteiger partial charge in [0, 0.05) is 45.8 Å². The van der Waals surface area contributed by atoms with Crippen molar-refractivity contribution < 1.29 is 4.79 Å². The van der Waals surface area contributed by atoms with Gasteiger partial charge in [0.15, 0.2) is 0 Å². The first kappa shape index (κ1) is 11.8. The Morgan fingerprint density at radius 3 is 2.50 bits per heavy atom. The lowest BCUT2D eigenvalue weighted by Crippen LogP contribution is -2.59. The molecule has 2 fully saturated rings. The van der Waals surface area contributed by atoms with Gasteiger partial charge in [0.1, 0.15) is 6.04 Å². The number of hydrogen-bond acceptors (Lipinski definition) is 4. The molecule has 2 aliphatic heterocycles. The van der Waals surface area contributed by atoms with Gasteiger partial charge in [-0.3, -0.25) is 9.69 Å². The van der Waals surface area contributed by atoms with Crippen LogP contribution in [0.1, 0.15) is 0 Å². The van der Waals surface area contributed by atoms with Crippen LogP contribution in [0, 0.1) is 0 Å². The van der Waals surface area contributed by atoms with Gasteiger partial charge in [-0.25, -0.2) is 0 Å². The van der Waals surface area contributed by atoms with E-state index in [0.29, 0.717) is 5.91 Å². The fourth-order valence-corrected chi connectivity index (χ4v) is 2.37. The monoisotopic (exact) mass is 226 g/mol. The number of amides is 1. The van der Waals surface area contributed by atoms with Crippen molar-refractivity contribution in [1.29, 1.82) is 0 Å². The van der Waals surface area contributed by atoms with E-state index in [1.807, 2.05) is 4.90 Å². The van der Waals surface area contributed by atoms with Crippen LogP contribution < -0.4 is 5.32 Å². The van der Waals surface area contributed by atoms with Gasteiger partial charge < -0.3 is 15.1 Å². The minimum atomic E-state index is 0.0526. The summed E-state index contributed by atoms with van der Waals surface area (Å²) in [5.74, 6) is 0.301. The highest BCUT2D eigenvalue weighted by molar-refractivity contribution is 5.82. The van der Waals surface area contributed by atoms with Crippen molar-refractivity contribution in [3.63, 3.8) is 0 Å². The lowest BCUT2D eigenvalue weighted by atomic mass is 10.1. The van der Waals surface area contributed by atoms with Crippen LogP contribution in [0.25, 0.3) is 0 Å². The summed E-state index contributed by atoms with van der Waals surface area (Å²) in [7, 11) is 4.14. The van der Waals surface area contributed by atoms with Crippen LogP contribution >= 0.6 is 0 Å². The Labute approximate surface area is 97.4 Å². The van der Waals surface area contributed by atoms with Crippen molar-refractivity contribution >= 4 is 5.91 Å². The van der Waals surface area contributed by atoms with E-state index in [4.69, 9.17) is 0 Å². The zero-order valence-corrected chi connectivity index (χ0v) is 10.3. The molecule has 5 heteroatoms. The van der Waals surface area contributed by atoms with Crippen molar-refractivity contribution in [3.8, 4) is 0 Å². The molecule has 16 heavy (non-hydrogen) atoms. The number of rotatable bonds is 1. The summed E-state index contributed by atoms with van der Waals surface area (Å²) in [5, 5.41) is 3.27. The first-order chi connectivity index (χ1) is 7.68. The molecule has 2 rings (SSSR count). The van der Waals surface area contributed by atoms with Crippen LogP contribution in [-0.4, -0.2) is 86.6 Å². The molecule has 92 valence electrons. The van der Waals surface area contributed by atoms with E-state index in [9.17, 15) is 4.79 Å². The first-order valence-electron chi connectivity index (χ1n) is 6.07. The molecular weight excluding hydrogens is 204 g/mol. The fraction of sp³-hybridized carbons (Fsp3) is 0.909. The Balaban J connectivity index is 1.96. The Kier molecular flexibility index (Phi) is 3.78. The standard InChI is InChI=1S/C11H22N4O/c1-13-7-8-14(2)10(9-13)11(16)15-5-3-12-4-6-15/h10,12H,3-9H2,1-2H3. The molecule has 0 bridgehead atoms. The summed E-state index contributed by atoms with van der Waals surface area (Å²) >= 11 is 0. The van der Waals surface area contributed by atoms with E-state index < -0.39 is 0 Å². The van der Waals surface area contributed by atoms with Gasteiger partial charge in [0.25, 0.3) is 0 Å². The van der Waals surface area contributed by atoms with Gasteiger partial charge in [-0.05, 0) is 14.1 Å². The molecule has 0 aliphatic carbocycles. The summed E-state index contributed by atoms with van der Waals surface area (Å²) in [4.78, 5) is 18.8. The number of nitrogens with one attached hydrogen (secondary N) is 1. The molecule has 1 N–H and O–H groups in total. The van der Waals surface area contributed by atoms with Crippen molar-refractivity contribution in [3.05, 3.63) is 0 Å². The van der Waals surface area contributed by atoms with Crippen LogP contribution in [-0.2, 0) is 4.79 Å². The average Bonchev–Trinajstić information content (AvgIpc) is 2.32. The van der Waals surface area contributed by atoms with Gasteiger partial charge in [-0.1, -0.05) is 0 Å². The van der Waals surface area contributed by atoms with Crippen molar-refractivity contribution in [1.82, 2.24) is 20.0 Å². The molecule has 0 aromatic heterocycles. The van der Waals surface area contributed by atoms with Gasteiger partial charge >= 0.3 is 0 Å². The minimum absolute atomic E-state index is 0.0526. The SMILES string of the molecule is CN1CCN(C)C(C(=O)N2CCNCC2)C1. The predicted octanol–water partition coefficient (Wildman–Crippen LogP) is -1.34.